The molecule has 1 unspecified atom stereocenters. The summed E-state index contributed by atoms with van der Waals surface area (Å²) in [5.41, 5.74) is 0. The first-order valence-corrected chi connectivity index (χ1v) is 9.88. The Morgan fingerprint density at radius 1 is 1.22 bits per heavy atom. The molecule has 0 aliphatic heterocycles. The van der Waals surface area contributed by atoms with Gasteiger partial charge in [-0.2, -0.15) is 0 Å². The van der Waals surface area contributed by atoms with Gasteiger partial charge in [-0.3, -0.25) is 9.59 Å². The van der Waals surface area contributed by atoms with Crippen LogP contribution in [0.5, 0.6) is 0 Å². The zero-order valence-corrected chi connectivity index (χ0v) is 14.7. The molecule has 1 amide bonds. The van der Waals surface area contributed by atoms with E-state index < -0.39 is 33.6 Å². The summed E-state index contributed by atoms with van der Waals surface area (Å²) in [5, 5.41) is 11.4. The van der Waals surface area contributed by atoms with Crippen LogP contribution in [-0.4, -0.2) is 43.7 Å². The molecule has 0 bridgehead atoms. The SMILES string of the molecule is CCCC(CNC(=O)CS(=O)(=O)NC1CCC(C)CC1)C(=O)O. The molecule has 3 N–H and O–H groups in total. The summed E-state index contributed by atoms with van der Waals surface area (Å²) in [6, 6.07) is -0.101. The van der Waals surface area contributed by atoms with Crippen molar-refractivity contribution >= 4 is 21.9 Å². The summed E-state index contributed by atoms with van der Waals surface area (Å²) < 4.78 is 26.6. The van der Waals surface area contributed by atoms with E-state index in [1.165, 1.54) is 0 Å². The van der Waals surface area contributed by atoms with E-state index in [-0.39, 0.29) is 12.6 Å². The predicted octanol–water partition coefficient (Wildman–Crippen LogP) is 1.10. The number of aliphatic carboxylic acids is 1. The molecule has 0 heterocycles. The normalized spacial score (nSPS) is 23.2. The molecule has 0 aromatic heterocycles. The van der Waals surface area contributed by atoms with Crippen molar-refractivity contribution in [3.8, 4) is 0 Å². The number of amides is 1. The van der Waals surface area contributed by atoms with Crippen molar-refractivity contribution < 1.29 is 23.1 Å². The monoisotopic (exact) mass is 348 g/mol. The summed E-state index contributed by atoms with van der Waals surface area (Å²) in [6.07, 6.45) is 4.68. The second kappa shape index (κ2) is 9.22. The first-order valence-electron chi connectivity index (χ1n) is 8.23. The van der Waals surface area contributed by atoms with Gasteiger partial charge in [-0.15, -0.1) is 0 Å². The molecule has 7 nitrogen and oxygen atoms in total. The third-order valence-electron chi connectivity index (χ3n) is 4.22. The fourth-order valence-electron chi connectivity index (χ4n) is 2.80. The Kier molecular flexibility index (Phi) is 7.98. The first-order chi connectivity index (χ1) is 10.7. The summed E-state index contributed by atoms with van der Waals surface area (Å²) in [6.45, 7) is 3.96. The van der Waals surface area contributed by atoms with E-state index in [2.05, 4.69) is 17.0 Å². The molecule has 0 aromatic carbocycles. The Balaban J connectivity index is 2.41. The number of sulfonamides is 1. The lowest BCUT2D eigenvalue weighted by atomic mass is 9.88. The maximum atomic E-state index is 12.0. The number of carboxylic acids is 1. The summed E-state index contributed by atoms with van der Waals surface area (Å²) in [7, 11) is -3.69. The van der Waals surface area contributed by atoms with Gasteiger partial charge >= 0.3 is 5.97 Å². The molecule has 1 saturated carbocycles. The molecule has 0 saturated heterocycles. The number of nitrogens with one attached hydrogen (secondary N) is 2. The van der Waals surface area contributed by atoms with E-state index in [0.29, 0.717) is 18.8 Å². The van der Waals surface area contributed by atoms with Gasteiger partial charge in [0.2, 0.25) is 15.9 Å². The Morgan fingerprint density at radius 2 is 1.83 bits per heavy atom. The van der Waals surface area contributed by atoms with Gasteiger partial charge in [0.1, 0.15) is 5.75 Å². The number of hydrogen-bond acceptors (Lipinski definition) is 4. The molecule has 1 aliphatic rings. The van der Waals surface area contributed by atoms with Crippen molar-refractivity contribution in [2.45, 2.75) is 58.4 Å². The standard InChI is InChI=1S/C15H28N2O5S/c1-3-4-12(15(19)20)9-16-14(18)10-23(21,22)17-13-7-5-11(2)6-8-13/h11-13,17H,3-10H2,1-2H3,(H,16,18)(H,19,20). The molecule has 0 spiro atoms. The number of carbonyl (C=O) groups excluding carboxylic acids is 1. The Hall–Kier alpha value is -1.15. The van der Waals surface area contributed by atoms with E-state index in [1.807, 2.05) is 6.92 Å². The summed E-state index contributed by atoms with van der Waals surface area (Å²) in [4.78, 5) is 22.8. The number of carboxylic acid groups (broad SMARTS) is 1. The maximum absolute atomic E-state index is 12.0. The lowest BCUT2D eigenvalue weighted by molar-refractivity contribution is -0.141. The van der Waals surface area contributed by atoms with Crippen LogP contribution in [0, 0.1) is 11.8 Å². The Labute approximate surface area is 138 Å². The van der Waals surface area contributed by atoms with Gasteiger partial charge in [0, 0.05) is 12.6 Å². The second-order valence-electron chi connectivity index (χ2n) is 6.46. The van der Waals surface area contributed by atoms with Crippen molar-refractivity contribution in [2.75, 3.05) is 12.3 Å². The largest absolute Gasteiger partial charge is 0.481 e. The molecule has 1 rings (SSSR count). The fraction of sp³-hybridized carbons (Fsp3) is 0.867. The molecule has 8 heteroatoms. The lowest BCUT2D eigenvalue weighted by Gasteiger charge is -2.26. The van der Waals surface area contributed by atoms with Crippen LogP contribution in [-0.2, 0) is 19.6 Å². The summed E-state index contributed by atoms with van der Waals surface area (Å²) in [5.74, 6) is -2.36. The van der Waals surface area contributed by atoms with E-state index in [4.69, 9.17) is 5.11 Å². The molecular formula is C15H28N2O5S. The highest BCUT2D eigenvalue weighted by Crippen LogP contribution is 2.23. The van der Waals surface area contributed by atoms with Crippen molar-refractivity contribution in [1.82, 2.24) is 10.0 Å². The highest BCUT2D eigenvalue weighted by Gasteiger charge is 2.25. The van der Waals surface area contributed by atoms with Gasteiger partial charge in [0.15, 0.2) is 0 Å². The van der Waals surface area contributed by atoms with Crippen molar-refractivity contribution in [2.24, 2.45) is 11.8 Å². The molecule has 0 aromatic rings. The van der Waals surface area contributed by atoms with Crippen LogP contribution >= 0.6 is 0 Å². The van der Waals surface area contributed by atoms with Crippen molar-refractivity contribution in [1.29, 1.82) is 0 Å². The zero-order valence-electron chi connectivity index (χ0n) is 13.9. The van der Waals surface area contributed by atoms with E-state index in [0.717, 1.165) is 25.7 Å². The van der Waals surface area contributed by atoms with Crippen LogP contribution in [0.3, 0.4) is 0 Å². The molecular weight excluding hydrogens is 320 g/mol. The molecule has 1 fully saturated rings. The Bertz CT molecular complexity index is 498. The van der Waals surface area contributed by atoms with Gasteiger partial charge in [-0.05, 0) is 38.0 Å². The number of rotatable bonds is 9. The third kappa shape index (κ3) is 7.78. The lowest BCUT2D eigenvalue weighted by Crippen LogP contribution is -2.43. The van der Waals surface area contributed by atoms with Crippen LogP contribution in [0.4, 0.5) is 0 Å². The molecule has 134 valence electrons. The van der Waals surface area contributed by atoms with Crippen molar-refractivity contribution in [3.63, 3.8) is 0 Å². The van der Waals surface area contributed by atoms with Crippen LogP contribution in [0.2, 0.25) is 0 Å². The quantitative estimate of drug-likeness (QED) is 0.577. The van der Waals surface area contributed by atoms with Crippen molar-refractivity contribution in [3.05, 3.63) is 0 Å². The zero-order chi connectivity index (χ0) is 17.5. The molecule has 0 radical (unpaired) electrons. The number of carbonyl (C=O) groups is 2. The second-order valence-corrected chi connectivity index (χ2v) is 8.22. The van der Waals surface area contributed by atoms with Gasteiger partial charge in [0.25, 0.3) is 0 Å². The average molecular weight is 348 g/mol. The van der Waals surface area contributed by atoms with E-state index >= 15 is 0 Å². The predicted molar refractivity (Wildman–Crippen MR) is 87.4 cm³/mol. The maximum Gasteiger partial charge on any atom is 0.308 e. The molecule has 23 heavy (non-hydrogen) atoms. The highest BCUT2D eigenvalue weighted by molar-refractivity contribution is 7.90. The molecule has 1 aliphatic carbocycles. The Morgan fingerprint density at radius 3 is 2.35 bits per heavy atom. The van der Waals surface area contributed by atoms with Crippen LogP contribution in [0.1, 0.15) is 52.4 Å². The van der Waals surface area contributed by atoms with E-state index in [1.54, 1.807) is 0 Å². The van der Waals surface area contributed by atoms with Gasteiger partial charge in [0.05, 0.1) is 5.92 Å². The summed E-state index contributed by atoms with van der Waals surface area (Å²) >= 11 is 0. The first kappa shape index (κ1) is 19.9. The topological polar surface area (TPSA) is 113 Å². The molecule has 1 atom stereocenters. The minimum atomic E-state index is -3.69. The van der Waals surface area contributed by atoms with Crippen LogP contribution < -0.4 is 10.0 Å². The smallest absolute Gasteiger partial charge is 0.308 e. The van der Waals surface area contributed by atoms with Crippen LogP contribution in [0.25, 0.3) is 0 Å². The van der Waals surface area contributed by atoms with Gasteiger partial charge in [-0.25, -0.2) is 13.1 Å². The van der Waals surface area contributed by atoms with E-state index in [9.17, 15) is 18.0 Å². The highest BCUT2D eigenvalue weighted by atomic mass is 32.2. The van der Waals surface area contributed by atoms with Crippen LogP contribution in [0.15, 0.2) is 0 Å². The van der Waals surface area contributed by atoms with Gasteiger partial charge < -0.3 is 10.4 Å². The average Bonchev–Trinajstić information content (AvgIpc) is 2.44. The fourth-order valence-corrected chi connectivity index (χ4v) is 4.07. The van der Waals surface area contributed by atoms with Gasteiger partial charge in [-0.1, -0.05) is 20.3 Å². The minimum Gasteiger partial charge on any atom is -0.481 e. The minimum absolute atomic E-state index is 0.0432. The number of hydrogen-bond donors (Lipinski definition) is 3. The third-order valence-corrected chi connectivity index (χ3v) is 5.55.